The van der Waals surface area contributed by atoms with Crippen LogP contribution in [0.25, 0.3) is 0 Å². The number of rotatable bonds is 4. The van der Waals surface area contributed by atoms with E-state index in [0.29, 0.717) is 5.56 Å². The summed E-state index contributed by atoms with van der Waals surface area (Å²) in [6, 6.07) is 10.5. The van der Waals surface area contributed by atoms with E-state index in [9.17, 15) is 24.1 Å². The fraction of sp³-hybridized carbons (Fsp3) is 0.0667. The maximum absolute atomic E-state index is 13.0. The summed E-state index contributed by atoms with van der Waals surface area (Å²) < 4.78 is 13.0. The quantitative estimate of drug-likeness (QED) is 0.662. The molecule has 0 saturated heterocycles. The Bertz CT molecular complexity index is 747. The smallest absolute Gasteiger partial charge is 0.269 e. The Labute approximate surface area is 130 Å². The van der Waals surface area contributed by atoms with Crippen LogP contribution in [-0.4, -0.2) is 16.7 Å². The standard InChI is InChI=1S/C15H12FN3O4/c16-12-3-1-2-10(8-12)9-14(20)17-18-15(21)11-4-6-13(7-5-11)19(22)23/h1-8H,9H2,(H,17,20)(H,18,21). The fourth-order valence-electron chi connectivity index (χ4n) is 1.81. The van der Waals surface area contributed by atoms with Crippen molar-refractivity contribution in [2.75, 3.05) is 0 Å². The monoisotopic (exact) mass is 317 g/mol. The third-order valence-electron chi connectivity index (χ3n) is 2.91. The molecule has 2 N–H and O–H groups in total. The van der Waals surface area contributed by atoms with E-state index < -0.39 is 22.6 Å². The molecule has 0 atom stereocenters. The van der Waals surface area contributed by atoms with E-state index in [4.69, 9.17) is 0 Å². The number of non-ortho nitro benzene ring substituents is 1. The molecule has 118 valence electrons. The topological polar surface area (TPSA) is 101 Å². The molecule has 2 rings (SSSR count). The van der Waals surface area contributed by atoms with Crippen molar-refractivity contribution in [2.24, 2.45) is 0 Å². The molecule has 0 saturated carbocycles. The predicted molar refractivity (Wildman–Crippen MR) is 78.8 cm³/mol. The average Bonchev–Trinajstić information content (AvgIpc) is 2.52. The molecule has 23 heavy (non-hydrogen) atoms. The molecule has 7 nitrogen and oxygen atoms in total. The van der Waals surface area contributed by atoms with Gasteiger partial charge in [0.05, 0.1) is 11.3 Å². The van der Waals surface area contributed by atoms with E-state index >= 15 is 0 Å². The third kappa shape index (κ3) is 4.60. The molecule has 0 bridgehead atoms. The number of carbonyl (C=O) groups excluding carboxylic acids is 2. The van der Waals surface area contributed by atoms with Crippen LogP contribution in [0.5, 0.6) is 0 Å². The van der Waals surface area contributed by atoms with Gasteiger partial charge in [0.1, 0.15) is 5.82 Å². The number of amides is 2. The number of nitro groups is 1. The first-order valence-corrected chi connectivity index (χ1v) is 6.54. The predicted octanol–water partition coefficient (Wildman–Crippen LogP) is 1.74. The summed E-state index contributed by atoms with van der Waals surface area (Å²) in [5.41, 5.74) is 4.85. The van der Waals surface area contributed by atoms with Gasteiger partial charge in [-0.3, -0.25) is 30.6 Å². The van der Waals surface area contributed by atoms with E-state index in [-0.39, 0.29) is 17.7 Å². The maximum Gasteiger partial charge on any atom is 0.269 e. The molecule has 2 aromatic carbocycles. The first kappa shape index (κ1) is 16.1. The van der Waals surface area contributed by atoms with Gasteiger partial charge in [-0.05, 0) is 29.8 Å². The van der Waals surface area contributed by atoms with Crippen molar-refractivity contribution in [3.05, 3.63) is 75.6 Å². The SMILES string of the molecule is O=C(Cc1cccc(F)c1)NNC(=O)c1ccc([N+](=O)[O-])cc1. The minimum Gasteiger partial charge on any atom is -0.273 e. The molecule has 0 aliphatic carbocycles. The van der Waals surface area contributed by atoms with Crippen LogP contribution in [-0.2, 0) is 11.2 Å². The minimum atomic E-state index is -0.618. The lowest BCUT2D eigenvalue weighted by molar-refractivity contribution is -0.384. The molecule has 2 amide bonds. The number of carbonyl (C=O) groups is 2. The Morgan fingerprint density at radius 3 is 2.39 bits per heavy atom. The van der Waals surface area contributed by atoms with Gasteiger partial charge in [0.25, 0.3) is 11.6 Å². The Kier molecular flexibility index (Phi) is 4.98. The van der Waals surface area contributed by atoms with Crippen molar-refractivity contribution >= 4 is 17.5 Å². The van der Waals surface area contributed by atoms with Gasteiger partial charge in [0.2, 0.25) is 5.91 Å². The molecule has 0 unspecified atom stereocenters. The van der Waals surface area contributed by atoms with Crippen LogP contribution in [0.1, 0.15) is 15.9 Å². The normalized spacial score (nSPS) is 9.96. The molecule has 2 aromatic rings. The van der Waals surface area contributed by atoms with E-state index in [2.05, 4.69) is 10.9 Å². The van der Waals surface area contributed by atoms with Gasteiger partial charge in [-0.25, -0.2) is 4.39 Å². The van der Waals surface area contributed by atoms with Gasteiger partial charge >= 0.3 is 0 Å². The Morgan fingerprint density at radius 2 is 1.78 bits per heavy atom. The van der Waals surface area contributed by atoms with Gasteiger partial charge < -0.3 is 0 Å². The number of nitrogens with one attached hydrogen (secondary N) is 2. The van der Waals surface area contributed by atoms with Crippen molar-refractivity contribution in [3.63, 3.8) is 0 Å². The van der Waals surface area contributed by atoms with Gasteiger partial charge in [0.15, 0.2) is 0 Å². The zero-order chi connectivity index (χ0) is 16.8. The lowest BCUT2D eigenvalue weighted by atomic mass is 10.1. The van der Waals surface area contributed by atoms with Crippen LogP contribution in [0.2, 0.25) is 0 Å². The first-order valence-electron chi connectivity index (χ1n) is 6.54. The Balaban J connectivity index is 1.88. The van der Waals surface area contributed by atoms with Crippen LogP contribution in [0.15, 0.2) is 48.5 Å². The molecule has 0 fully saturated rings. The van der Waals surface area contributed by atoms with E-state index in [1.807, 2.05) is 0 Å². The number of nitro benzene ring substituents is 1. The second-order valence-corrected chi connectivity index (χ2v) is 4.61. The highest BCUT2D eigenvalue weighted by molar-refractivity contribution is 5.95. The molecular weight excluding hydrogens is 305 g/mol. The Hall–Kier alpha value is -3.29. The highest BCUT2D eigenvalue weighted by atomic mass is 19.1. The van der Waals surface area contributed by atoms with Crippen molar-refractivity contribution in [1.82, 2.24) is 10.9 Å². The minimum absolute atomic E-state index is 0.0989. The van der Waals surface area contributed by atoms with Crippen molar-refractivity contribution in [1.29, 1.82) is 0 Å². The zero-order valence-electron chi connectivity index (χ0n) is 11.8. The fourth-order valence-corrected chi connectivity index (χ4v) is 1.81. The number of hydrogen-bond donors (Lipinski definition) is 2. The van der Waals surface area contributed by atoms with E-state index in [1.165, 1.54) is 42.5 Å². The zero-order valence-corrected chi connectivity index (χ0v) is 11.8. The van der Waals surface area contributed by atoms with Crippen LogP contribution >= 0.6 is 0 Å². The molecule has 0 aliphatic heterocycles. The van der Waals surface area contributed by atoms with Crippen LogP contribution in [0.3, 0.4) is 0 Å². The van der Waals surface area contributed by atoms with Crippen molar-refractivity contribution in [2.45, 2.75) is 6.42 Å². The summed E-state index contributed by atoms with van der Waals surface area (Å²) in [6.45, 7) is 0. The lowest BCUT2D eigenvalue weighted by Gasteiger charge is -2.07. The molecular formula is C15H12FN3O4. The number of hydrogen-bond acceptors (Lipinski definition) is 4. The van der Waals surface area contributed by atoms with Gasteiger partial charge in [-0.15, -0.1) is 0 Å². The lowest BCUT2D eigenvalue weighted by Crippen LogP contribution is -2.42. The molecule has 0 spiro atoms. The number of halogens is 1. The second kappa shape index (κ2) is 7.12. The highest BCUT2D eigenvalue weighted by Crippen LogP contribution is 2.11. The van der Waals surface area contributed by atoms with E-state index in [1.54, 1.807) is 6.07 Å². The summed E-state index contributed by atoms with van der Waals surface area (Å²) >= 11 is 0. The van der Waals surface area contributed by atoms with Crippen LogP contribution in [0, 0.1) is 15.9 Å². The van der Waals surface area contributed by atoms with Gasteiger partial charge in [-0.1, -0.05) is 12.1 Å². The van der Waals surface area contributed by atoms with Crippen LogP contribution < -0.4 is 10.9 Å². The third-order valence-corrected chi connectivity index (χ3v) is 2.91. The second-order valence-electron chi connectivity index (χ2n) is 4.61. The molecule has 8 heteroatoms. The Morgan fingerprint density at radius 1 is 1.09 bits per heavy atom. The molecule has 0 radical (unpaired) electrons. The first-order chi connectivity index (χ1) is 11.0. The number of hydrazine groups is 1. The van der Waals surface area contributed by atoms with Gasteiger partial charge in [0, 0.05) is 17.7 Å². The summed E-state index contributed by atoms with van der Waals surface area (Å²) in [4.78, 5) is 33.4. The largest absolute Gasteiger partial charge is 0.273 e. The van der Waals surface area contributed by atoms with Crippen LogP contribution in [0.4, 0.5) is 10.1 Å². The molecule has 0 aliphatic rings. The summed E-state index contributed by atoms with van der Waals surface area (Å²) in [5, 5.41) is 10.5. The van der Waals surface area contributed by atoms with Crippen molar-refractivity contribution in [3.8, 4) is 0 Å². The summed E-state index contributed by atoms with van der Waals surface area (Å²) in [7, 11) is 0. The maximum atomic E-state index is 13.0. The highest BCUT2D eigenvalue weighted by Gasteiger charge is 2.10. The number of benzene rings is 2. The van der Waals surface area contributed by atoms with E-state index in [0.717, 1.165) is 0 Å². The molecule has 0 heterocycles. The number of nitrogens with zero attached hydrogens (tertiary/aromatic N) is 1. The van der Waals surface area contributed by atoms with Gasteiger partial charge in [-0.2, -0.15) is 0 Å². The summed E-state index contributed by atoms with van der Waals surface area (Å²) in [5.74, 6) is -1.59. The van der Waals surface area contributed by atoms with Crippen molar-refractivity contribution < 1.29 is 18.9 Å². The molecule has 0 aromatic heterocycles. The average molecular weight is 317 g/mol. The summed E-state index contributed by atoms with van der Waals surface area (Å²) in [6.07, 6.45) is -0.0989.